The lowest BCUT2D eigenvalue weighted by Crippen LogP contribution is -2.29. The van der Waals surface area contributed by atoms with Gasteiger partial charge in [0, 0.05) is 5.69 Å². The van der Waals surface area contributed by atoms with Gasteiger partial charge in [-0.3, -0.25) is 19.3 Å². The van der Waals surface area contributed by atoms with E-state index in [2.05, 4.69) is 4.98 Å². The normalized spacial score (nSPS) is 12.5. The molecule has 0 bridgehead atoms. The minimum atomic E-state index is -0.820. The number of carbonyl (C=O) groups is 5. The third-order valence-corrected chi connectivity index (χ3v) is 5.92. The van der Waals surface area contributed by atoms with Crippen molar-refractivity contribution in [1.29, 1.82) is 0 Å². The third-order valence-electron chi connectivity index (χ3n) is 5.92. The molecule has 184 valence electrons. The summed E-state index contributed by atoms with van der Waals surface area (Å²) in [5, 5.41) is 0. The average molecular weight is 488 g/mol. The van der Waals surface area contributed by atoms with Crippen LogP contribution in [0, 0.1) is 13.8 Å². The number of nitrogens with one attached hydrogen (secondary N) is 1. The molecule has 0 spiro atoms. The number of hydrogen-bond acceptors (Lipinski definition) is 7. The van der Waals surface area contributed by atoms with Crippen molar-refractivity contribution in [2.45, 2.75) is 27.3 Å². The van der Waals surface area contributed by atoms with E-state index < -0.39 is 36.1 Å². The number of hydrogen-bond donors (Lipinski definition) is 1. The van der Waals surface area contributed by atoms with Crippen LogP contribution >= 0.6 is 0 Å². The van der Waals surface area contributed by atoms with E-state index in [0.717, 1.165) is 10.5 Å². The van der Waals surface area contributed by atoms with E-state index in [9.17, 15) is 24.0 Å². The number of imide groups is 1. The zero-order valence-electron chi connectivity index (χ0n) is 20.0. The molecular formula is C27H24N2O7. The first-order chi connectivity index (χ1) is 17.2. The molecule has 0 aliphatic carbocycles. The highest BCUT2D eigenvalue weighted by atomic mass is 16.5. The summed E-state index contributed by atoms with van der Waals surface area (Å²) in [6, 6.07) is 13.2. The van der Waals surface area contributed by atoms with Crippen molar-refractivity contribution in [3.05, 3.63) is 93.3 Å². The minimum absolute atomic E-state index is 0.0378. The van der Waals surface area contributed by atoms with E-state index in [1.807, 2.05) is 30.3 Å². The number of fused-ring (bicyclic) bond motifs is 1. The van der Waals surface area contributed by atoms with E-state index in [-0.39, 0.29) is 41.1 Å². The maximum atomic E-state index is 12.9. The predicted molar refractivity (Wildman–Crippen MR) is 128 cm³/mol. The number of esters is 2. The number of carbonyl (C=O) groups excluding carboxylic acids is 5. The highest BCUT2D eigenvalue weighted by Crippen LogP contribution is 2.26. The average Bonchev–Trinajstić information content (AvgIpc) is 3.30. The molecule has 2 amide bonds. The van der Waals surface area contributed by atoms with Gasteiger partial charge in [0.25, 0.3) is 11.8 Å². The van der Waals surface area contributed by atoms with Gasteiger partial charge < -0.3 is 14.5 Å². The number of ketones is 1. The molecular weight excluding hydrogens is 464 g/mol. The third kappa shape index (κ3) is 4.55. The standard InChI is InChI=1S/C27H24N2O7/c1-4-35-27(34)22-15(2)23(28-16(22)3)21(30)14-36-26(33)18-10-11-19-20(12-18)25(32)29(24(19)31)13-17-8-6-5-7-9-17/h5-12,28H,4,13-14H2,1-3H3. The van der Waals surface area contributed by atoms with Crippen molar-refractivity contribution in [3.8, 4) is 0 Å². The Morgan fingerprint density at radius 3 is 2.28 bits per heavy atom. The molecule has 1 aliphatic rings. The lowest BCUT2D eigenvalue weighted by atomic mass is 10.1. The summed E-state index contributed by atoms with van der Waals surface area (Å²) in [5.74, 6) is -2.84. The van der Waals surface area contributed by atoms with Crippen LogP contribution in [0.3, 0.4) is 0 Å². The Labute approximate surface area is 207 Å². The van der Waals surface area contributed by atoms with Crippen LogP contribution in [0.4, 0.5) is 0 Å². The molecule has 1 N–H and O–H groups in total. The summed E-state index contributed by atoms with van der Waals surface area (Å²) in [7, 11) is 0. The van der Waals surface area contributed by atoms with Crippen LogP contribution in [0.1, 0.15) is 75.7 Å². The van der Waals surface area contributed by atoms with Gasteiger partial charge in [-0.05, 0) is 50.1 Å². The monoisotopic (exact) mass is 488 g/mol. The highest BCUT2D eigenvalue weighted by molar-refractivity contribution is 6.22. The van der Waals surface area contributed by atoms with E-state index in [0.29, 0.717) is 11.3 Å². The van der Waals surface area contributed by atoms with E-state index in [1.54, 1.807) is 20.8 Å². The first kappa shape index (κ1) is 24.6. The second-order valence-corrected chi connectivity index (χ2v) is 8.29. The van der Waals surface area contributed by atoms with Crippen LogP contribution in [-0.2, 0) is 16.0 Å². The Kier molecular flexibility index (Phi) is 6.82. The smallest absolute Gasteiger partial charge is 0.340 e. The van der Waals surface area contributed by atoms with Crippen LogP contribution in [0.2, 0.25) is 0 Å². The first-order valence-corrected chi connectivity index (χ1v) is 11.3. The Bertz CT molecular complexity index is 1390. The van der Waals surface area contributed by atoms with E-state index >= 15 is 0 Å². The van der Waals surface area contributed by atoms with E-state index in [4.69, 9.17) is 9.47 Å². The van der Waals surface area contributed by atoms with Crippen molar-refractivity contribution in [2.75, 3.05) is 13.2 Å². The van der Waals surface area contributed by atoms with Gasteiger partial charge in [-0.1, -0.05) is 30.3 Å². The van der Waals surface area contributed by atoms with Crippen LogP contribution in [-0.4, -0.2) is 52.6 Å². The minimum Gasteiger partial charge on any atom is -0.462 e. The van der Waals surface area contributed by atoms with Crippen LogP contribution in [0.25, 0.3) is 0 Å². The lowest BCUT2D eigenvalue weighted by Gasteiger charge is -2.13. The highest BCUT2D eigenvalue weighted by Gasteiger charge is 2.36. The molecule has 0 atom stereocenters. The van der Waals surface area contributed by atoms with Crippen molar-refractivity contribution < 1.29 is 33.4 Å². The van der Waals surface area contributed by atoms with Gasteiger partial charge >= 0.3 is 11.9 Å². The summed E-state index contributed by atoms with van der Waals surface area (Å²) >= 11 is 0. The molecule has 36 heavy (non-hydrogen) atoms. The van der Waals surface area contributed by atoms with E-state index in [1.165, 1.54) is 18.2 Å². The number of rotatable bonds is 8. The van der Waals surface area contributed by atoms with Gasteiger partial charge in [-0.2, -0.15) is 0 Å². The number of Topliss-reactive ketones (excluding diaryl/α,β-unsaturated/α-hetero) is 1. The van der Waals surface area contributed by atoms with Gasteiger partial charge in [0.05, 0.1) is 41.1 Å². The van der Waals surface area contributed by atoms with Crippen molar-refractivity contribution in [2.24, 2.45) is 0 Å². The fraction of sp³-hybridized carbons (Fsp3) is 0.222. The predicted octanol–water partition coefficient (Wildman–Crippen LogP) is 3.64. The zero-order chi connectivity index (χ0) is 26.0. The zero-order valence-corrected chi connectivity index (χ0v) is 20.0. The molecule has 2 heterocycles. The summed E-state index contributed by atoms with van der Waals surface area (Å²) in [6.45, 7) is 4.67. The first-order valence-electron chi connectivity index (χ1n) is 11.3. The molecule has 0 unspecified atom stereocenters. The van der Waals surface area contributed by atoms with Gasteiger partial charge in [0.2, 0.25) is 5.78 Å². The molecule has 1 aliphatic heterocycles. The molecule has 1 aromatic heterocycles. The number of aryl methyl sites for hydroxylation is 1. The second kappa shape index (κ2) is 9.99. The molecule has 0 fully saturated rings. The number of aromatic nitrogens is 1. The van der Waals surface area contributed by atoms with Crippen LogP contribution in [0.15, 0.2) is 48.5 Å². The van der Waals surface area contributed by atoms with Gasteiger partial charge in [-0.25, -0.2) is 9.59 Å². The lowest BCUT2D eigenvalue weighted by molar-refractivity contribution is 0.0472. The summed E-state index contributed by atoms with van der Waals surface area (Å²) in [5.41, 5.74) is 2.44. The van der Waals surface area contributed by atoms with Crippen molar-refractivity contribution in [3.63, 3.8) is 0 Å². The Morgan fingerprint density at radius 1 is 0.889 bits per heavy atom. The molecule has 0 radical (unpaired) electrons. The number of ether oxygens (including phenoxy) is 2. The SMILES string of the molecule is CCOC(=O)c1c(C)[nH]c(C(=O)COC(=O)c2ccc3c(c2)C(=O)N(Cc2ccccc2)C3=O)c1C. The van der Waals surface area contributed by atoms with Gasteiger partial charge in [-0.15, -0.1) is 0 Å². The number of nitrogens with zero attached hydrogens (tertiary/aromatic N) is 1. The van der Waals surface area contributed by atoms with Gasteiger partial charge in [0.1, 0.15) is 0 Å². The number of aromatic amines is 1. The summed E-state index contributed by atoms with van der Waals surface area (Å²) in [6.07, 6.45) is 0. The van der Waals surface area contributed by atoms with Crippen LogP contribution < -0.4 is 0 Å². The second-order valence-electron chi connectivity index (χ2n) is 8.29. The number of benzene rings is 2. The summed E-state index contributed by atoms with van der Waals surface area (Å²) < 4.78 is 10.2. The quantitative estimate of drug-likeness (QED) is 0.292. The van der Waals surface area contributed by atoms with Gasteiger partial charge in [0.15, 0.2) is 6.61 Å². The molecule has 0 saturated carbocycles. The maximum Gasteiger partial charge on any atom is 0.340 e. The largest absolute Gasteiger partial charge is 0.462 e. The Balaban J connectivity index is 1.45. The molecule has 9 heteroatoms. The molecule has 4 rings (SSSR count). The summed E-state index contributed by atoms with van der Waals surface area (Å²) in [4.78, 5) is 67.0. The molecule has 9 nitrogen and oxygen atoms in total. The fourth-order valence-electron chi connectivity index (χ4n) is 4.15. The van der Waals surface area contributed by atoms with Crippen molar-refractivity contribution in [1.82, 2.24) is 9.88 Å². The molecule has 3 aromatic rings. The topological polar surface area (TPSA) is 123 Å². The maximum absolute atomic E-state index is 12.9. The fourth-order valence-corrected chi connectivity index (χ4v) is 4.15. The van der Waals surface area contributed by atoms with Crippen LogP contribution in [0.5, 0.6) is 0 Å². The number of amides is 2. The number of H-pyrrole nitrogens is 1. The Morgan fingerprint density at radius 2 is 1.58 bits per heavy atom. The van der Waals surface area contributed by atoms with Crippen molar-refractivity contribution >= 4 is 29.5 Å². The molecule has 2 aromatic carbocycles. The Hall–Kier alpha value is -4.53. The molecule has 0 saturated heterocycles.